The van der Waals surface area contributed by atoms with Gasteiger partial charge in [-0.3, -0.25) is 0 Å². The number of aliphatic hydroxyl groups excluding tert-OH is 3. The number of rotatable bonds is 4. The van der Waals surface area contributed by atoms with Crippen molar-refractivity contribution in [2.45, 2.75) is 44.0 Å². The van der Waals surface area contributed by atoms with Crippen LogP contribution in [0.2, 0.25) is 0 Å². The second-order valence-electron chi connectivity index (χ2n) is 5.04. The van der Waals surface area contributed by atoms with Gasteiger partial charge < -0.3 is 25.4 Å². The molecule has 0 spiro atoms. The first-order valence-corrected chi connectivity index (χ1v) is 6.66. The molecule has 5 heteroatoms. The molecule has 1 aliphatic rings. The van der Waals surface area contributed by atoms with Crippen LogP contribution in [-0.2, 0) is 11.2 Å². The molecule has 0 aromatic heterocycles. The smallest absolute Gasteiger partial charge is 0.219 e. The summed E-state index contributed by atoms with van der Waals surface area (Å²) in [6.45, 7) is 2.44. The molecule has 1 aliphatic heterocycles. The van der Waals surface area contributed by atoms with Gasteiger partial charge in [-0.15, -0.1) is 0 Å². The lowest BCUT2D eigenvalue weighted by Gasteiger charge is -2.37. The fourth-order valence-electron chi connectivity index (χ4n) is 2.34. The molecule has 5 atom stereocenters. The number of benzene rings is 1. The van der Waals surface area contributed by atoms with Gasteiger partial charge in [-0.2, -0.15) is 0 Å². The van der Waals surface area contributed by atoms with Gasteiger partial charge in [0.15, 0.2) is 6.10 Å². The number of nitrogens with two attached hydrogens (primary N) is 1. The van der Waals surface area contributed by atoms with Gasteiger partial charge in [0.2, 0.25) is 6.23 Å². The lowest BCUT2D eigenvalue weighted by Crippen LogP contribution is -2.95. The second kappa shape index (κ2) is 6.45. The normalized spacial score (nSPS) is 35.3. The lowest BCUT2D eigenvalue weighted by atomic mass is 9.99. The average molecular weight is 268 g/mol. The van der Waals surface area contributed by atoms with Crippen LogP contribution in [0.15, 0.2) is 30.3 Å². The van der Waals surface area contributed by atoms with E-state index in [-0.39, 0.29) is 0 Å². The molecule has 2 rings (SSSR count). The fourth-order valence-corrected chi connectivity index (χ4v) is 2.34. The van der Waals surface area contributed by atoms with Crippen molar-refractivity contribution in [2.24, 2.45) is 0 Å². The van der Waals surface area contributed by atoms with Crippen LogP contribution in [0.4, 0.5) is 0 Å². The summed E-state index contributed by atoms with van der Waals surface area (Å²) < 4.78 is 5.50. The number of hydrogen-bond acceptors (Lipinski definition) is 4. The number of ether oxygens (including phenoxy) is 1. The molecule has 1 aromatic carbocycles. The average Bonchev–Trinajstić information content (AvgIpc) is 2.43. The minimum atomic E-state index is -1.15. The Morgan fingerprint density at radius 1 is 1.05 bits per heavy atom. The van der Waals surface area contributed by atoms with Crippen molar-refractivity contribution in [1.29, 1.82) is 0 Å². The Morgan fingerprint density at radius 2 is 1.74 bits per heavy atom. The van der Waals surface area contributed by atoms with E-state index < -0.39 is 30.6 Å². The summed E-state index contributed by atoms with van der Waals surface area (Å²) >= 11 is 0. The first kappa shape index (κ1) is 14.4. The summed E-state index contributed by atoms with van der Waals surface area (Å²) in [6, 6.07) is 10.0. The largest absolute Gasteiger partial charge is 0.388 e. The minimum Gasteiger partial charge on any atom is -0.388 e. The molecule has 5 nitrogen and oxygen atoms in total. The highest BCUT2D eigenvalue weighted by Crippen LogP contribution is 2.17. The Morgan fingerprint density at radius 3 is 2.42 bits per heavy atom. The highest BCUT2D eigenvalue weighted by Gasteiger charge is 2.43. The maximum Gasteiger partial charge on any atom is 0.219 e. The van der Waals surface area contributed by atoms with Gasteiger partial charge in [-0.1, -0.05) is 30.3 Å². The monoisotopic (exact) mass is 268 g/mol. The van der Waals surface area contributed by atoms with Crippen LogP contribution in [0.25, 0.3) is 0 Å². The third-order valence-corrected chi connectivity index (χ3v) is 3.56. The van der Waals surface area contributed by atoms with E-state index in [1.165, 1.54) is 5.56 Å². The summed E-state index contributed by atoms with van der Waals surface area (Å²) in [6.07, 6.45) is -3.40. The van der Waals surface area contributed by atoms with Crippen LogP contribution in [0, 0.1) is 0 Å². The van der Waals surface area contributed by atoms with Gasteiger partial charge >= 0.3 is 0 Å². The van der Waals surface area contributed by atoms with E-state index in [0.717, 1.165) is 13.0 Å². The zero-order valence-corrected chi connectivity index (χ0v) is 11.0. The zero-order chi connectivity index (χ0) is 13.8. The maximum atomic E-state index is 9.86. The molecular formula is C14H22NO4+. The molecule has 0 bridgehead atoms. The number of hydrogen-bond donors (Lipinski definition) is 4. The Labute approximate surface area is 112 Å². The summed E-state index contributed by atoms with van der Waals surface area (Å²) in [7, 11) is 0. The lowest BCUT2D eigenvalue weighted by molar-refractivity contribution is -0.742. The predicted molar refractivity (Wildman–Crippen MR) is 69.3 cm³/mol. The Balaban J connectivity index is 1.82. The van der Waals surface area contributed by atoms with Crippen molar-refractivity contribution < 1.29 is 25.4 Å². The Bertz CT molecular complexity index is 386. The summed E-state index contributed by atoms with van der Waals surface area (Å²) in [5.41, 5.74) is 1.22. The van der Waals surface area contributed by atoms with Gasteiger partial charge in [0, 0.05) is 6.42 Å². The quantitative estimate of drug-likeness (QED) is 0.542. The number of aliphatic hydroxyl groups is 3. The molecular weight excluding hydrogens is 246 g/mol. The van der Waals surface area contributed by atoms with Gasteiger partial charge in [0.05, 0.1) is 12.6 Å². The molecule has 19 heavy (non-hydrogen) atoms. The summed E-state index contributed by atoms with van der Waals surface area (Å²) in [5, 5.41) is 31.0. The van der Waals surface area contributed by atoms with Crippen LogP contribution in [0.5, 0.6) is 0 Å². The molecule has 0 saturated carbocycles. The number of quaternary nitrogens is 1. The summed E-state index contributed by atoms with van der Waals surface area (Å²) in [5.74, 6) is 0. The molecule has 0 amide bonds. The van der Waals surface area contributed by atoms with E-state index in [9.17, 15) is 15.3 Å². The molecule has 1 heterocycles. The molecule has 5 N–H and O–H groups in total. The molecule has 1 aromatic rings. The van der Waals surface area contributed by atoms with Crippen molar-refractivity contribution in [3.63, 3.8) is 0 Å². The fraction of sp³-hybridized carbons (Fsp3) is 0.571. The van der Waals surface area contributed by atoms with Crippen molar-refractivity contribution >= 4 is 0 Å². The predicted octanol–water partition coefficient (Wildman–Crippen LogP) is -1.38. The molecule has 1 fully saturated rings. The van der Waals surface area contributed by atoms with E-state index in [1.807, 2.05) is 35.6 Å². The van der Waals surface area contributed by atoms with Gasteiger partial charge in [-0.25, -0.2) is 0 Å². The Kier molecular flexibility index (Phi) is 4.90. The van der Waals surface area contributed by atoms with Crippen LogP contribution in [0.1, 0.15) is 12.5 Å². The van der Waals surface area contributed by atoms with E-state index in [0.29, 0.717) is 0 Å². The standard InChI is InChI=1S/C14H21NO4/c1-9-11(16)12(17)13(18)14(19-9)15-8-7-10-5-3-2-4-6-10/h2-6,9,11-18H,7-8H2,1H3/p+1/t9-,11+,12-,13-,14+/m0/s1. The van der Waals surface area contributed by atoms with E-state index in [1.54, 1.807) is 6.92 Å². The van der Waals surface area contributed by atoms with Crippen molar-refractivity contribution in [3.05, 3.63) is 35.9 Å². The van der Waals surface area contributed by atoms with Crippen molar-refractivity contribution in [1.82, 2.24) is 0 Å². The van der Waals surface area contributed by atoms with Crippen molar-refractivity contribution in [3.8, 4) is 0 Å². The van der Waals surface area contributed by atoms with Crippen LogP contribution in [0.3, 0.4) is 0 Å². The van der Waals surface area contributed by atoms with Crippen LogP contribution >= 0.6 is 0 Å². The van der Waals surface area contributed by atoms with Gasteiger partial charge in [0.1, 0.15) is 12.2 Å². The first-order chi connectivity index (χ1) is 9.09. The highest BCUT2D eigenvalue weighted by molar-refractivity contribution is 5.14. The topological polar surface area (TPSA) is 86.5 Å². The maximum absolute atomic E-state index is 9.86. The molecule has 1 saturated heterocycles. The van der Waals surface area contributed by atoms with Gasteiger partial charge in [0.25, 0.3) is 0 Å². The van der Waals surface area contributed by atoms with E-state index >= 15 is 0 Å². The third-order valence-electron chi connectivity index (χ3n) is 3.56. The second-order valence-corrected chi connectivity index (χ2v) is 5.04. The molecule has 106 valence electrons. The summed E-state index contributed by atoms with van der Waals surface area (Å²) in [4.78, 5) is 0. The molecule has 0 radical (unpaired) electrons. The van der Waals surface area contributed by atoms with Crippen LogP contribution < -0.4 is 5.32 Å². The van der Waals surface area contributed by atoms with E-state index in [2.05, 4.69) is 0 Å². The Hall–Kier alpha value is -0.980. The van der Waals surface area contributed by atoms with Crippen LogP contribution in [-0.4, -0.2) is 52.5 Å². The highest BCUT2D eigenvalue weighted by atomic mass is 16.5. The minimum absolute atomic E-state index is 0.476. The molecule has 0 aliphatic carbocycles. The zero-order valence-electron chi connectivity index (χ0n) is 11.0. The van der Waals surface area contributed by atoms with E-state index in [4.69, 9.17) is 4.74 Å². The first-order valence-electron chi connectivity index (χ1n) is 6.66. The van der Waals surface area contributed by atoms with Crippen molar-refractivity contribution in [2.75, 3.05) is 6.54 Å². The van der Waals surface area contributed by atoms with Gasteiger partial charge in [-0.05, 0) is 12.5 Å². The SMILES string of the molecule is C[C@@H]1O[C@@H]([NH2+]CCc2ccccc2)[C@@H](O)[C@@H](O)[C@@H]1O. The molecule has 0 unspecified atom stereocenters. The third kappa shape index (κ3) is 3.52.